The van der Waals surface area contributed by atoms with E-state index in [0.717, 1.165) is 38.4 Å². The van der Waals surface area contributed by atoms with Crippen LogP contribution in [0.15, 0.2) is 29.2 Å². The molecule has 152 valence electrons. The highest BCUT2D eigenvalue weighted by Gasteiger charge is 2.26. The minimum atomic E-state index is -3.53. The van der Waals surface area contributed by atoms with Crippen molar-refractivity contribution >= 4 is 28.3 Å². The number of sulfonamides is 1. The molecule has 1 saturated carbocycles. The van der Waals surface area contributed by atoms with E-state index in [4.69, 9.17) is 0 Å². The minimum Gasteiger partial charge on any atom is -0.339 e. The molecule has 0 atom stereocenters. The molecule has 0 radical (unpaired) electrons. The average Bonchev–Trinajstić information content (AvgIpc) is 3.43. The number of halogens is 1. The second-order valence-electron chi connectivity index (χ2n) is 7.72. The smallest absolute Gasteiger partial charge is 0.253 e. The fraction of sp³-hybridized carbons (Fsp3) is 0.632. The van der Waals surface area contributed by atoms with Gasteiger partial charge in [0.25, 0.3) is 5.91 Å². The number of carbonyl (C=O) groups is 1. The molecule has 2 aliphatic rings. The van der Waals surface area contributed by atoms with E-state index >= 15 is 0 Å². The number of nitrogens with zero attached hydrogens (tertiary/aromatic N) is 1. The van der Waals surface area contributed by atoms with Crippen molar-refractivity contribution in [1.29, 1.82) is 0 Å². The summed E-state index contributed by atoms with van der Waals surface area (Å²) in [6.07, 6.45) is 4.65. The van der Waals surface area contributed by atoms with Crippen LogP contribution in [0.4, 0.5) is 0 Å². The Balaban J connectivity index is 0.00000261. The van der Waals surface area contributed by atoms with Crippen molar-refractivity contribution in [1.82, 2.24) is 14.9 Å². The van der Waals surface area contributed by atoms with Gasteiger partial charge < -0.3 is 10.2 Å². The number of rotatable bonds is 7. The molecule has 2 fully saturated rings. The van der Waals surface area contributed by atoms with Crippen LogP contribution in [0, 0.1) is 5.92 Å². The second-order valence-corrected chi connectivity index (χ2v) is 9.43. The minimum absolute atomic E-state index is 0. The van der Waals surface area contributed by atoms with Crippen molar-refractivity contribution in [2.24, 2.45) is 5.92 Å². The van der Waals surface area contributed by atoms with Crippen LogP contribution in [0.1, 0.15) is 49.9 Å². The molecular formula is C19H30ClN3O3S. The van der Waals surface area contributed by atoms with Crippen molar-refractivity contribution in [2.75, 3.05) is 19.6 Å². The van der Waals surface area contributed by atoms with Gasteiger partial charge in [0.15, 0.2) is 0 Å². The molecule has 3 rings (SSSR count). The molecule has 1 aromatic carbocycles. The first-order valence-corrected chi connectivity index (χ1v) is 11.0. The molecule has 27 heavy (non-hydrogen) atoms. The van der Waals surface area contributed by atoms with E-state index in [0.29, 0.717) is 11.6 Å². The first-order chi connectivity index (χ1) is 12.3. The number of amides is 1. The van der Waals surface area contributed by atoms with Gasteiger partial charge in [0.1, 0.15) is 0 Å². The van der Waals surface area contributed by atoms with Gasteiger partial charge in [0.2, 0.25) is 10.0 Å². The van der Waals surface area contributed by atoms with Gasteiger partial charge in [-0.25, -0.2) is 13.1 Å². The lowest BCUT2D eigenvalue weighted by Crippen LogP contribution is -2.45. The highest BCUT2D eigenvalue weighted by atomic mass is 35.5. The van der Waals surface area contributed by atoms with Gasteiger partial charge in [0.05, 0.1) is 4.90 Å². The number of piperidine rings is 1. The molecule has 1 aliphatic carbocycles. The number of nitrogens with one attached hydrogen (secondary N) is 2. The largest absolute Gasteiger partial charge is 0.339 e. The predicted molar refractivity (Wildman–Crippen MR) is 109 cm³/mol. The molecule has 1 aliphatic heterocycles. The second kappa shape index (κ2) is 9.37. The molecule has 1 aromatic rings. The molecule has 1 heterocycles. The van der Waals surface area contributed by atoms with Gasteiger partial charge >= 0.3 is 0 Å². The number of benzene rings is 1. The molecule has 0 unspecified atom stereocenters. The van der Waals surface area contributed by atoms with E-state index in [9.17, 15) is 13.2 Å². The fourth-order valence-corrected chi connectivity index (χ4v) is 4.53. The quantitative estimate of drug-likeness (QED) is 0.716. The molecule has 0 aromatic heterocycles. The summed E-state index contributed by atoms with van der Waals surface area (Å²) in [5.41, 5.74) is 0.540. The topological polar surface area (TPSA) is 78.5 Å². The third-order valence-corrected chi connectivity index (χ3v) is 6.65. The Morgan fingerprint density at radius 3 is 2.22 bits per heavy atom. The lowest BCUT2D eigenvalue weighted by atomic mass is 10.0. The summed E-state index contributed by atoms with van der Waals surface area (Å²) in [7, 11) is -3.53. The number of carbonyl (C=O) groups excluding carboxylic acids is 1. The number of hydrogen-bond acceptors (Lipinski definition) is 4. The summed E-state index contributed by atoms with van der Waals surface area (Å²) in [4.78, 5) is 14.7. The maximum absolute atomic E-state index is 12.7. The van der Waals surface area contributed by atoms with E-state index in [-0.39, 0.29) is 29.3 Å². The van der Waals surface area contributed by atoms with E-state index in [1.54, 1.807) is 26.0 Å². The Kier molecular flexibility index (Phi) is 7.68. The summed E-state index contributed by atoms with van der Waals surface area (Å²) in [6.45, 7) is 6.16. The summed E-state index contributed by atoms with van der Waals surface area (Å²) < 4.78 is 26.9. The van der Waals surface area contributed by atoms with Gasteiger partial charge in [-0.1, -0.05) is 0 Å². The first-order valence-electron chi connectivity index (χ1n) is 9.50. The molecule has 2 N–H and O–H groups in total. The van der Waals surface area contributed by atoms with E-state index in [2.05, 4.69) is 10.0 Å². The molecule has 1 saturated heterocycles. The first kappa shape index (κ1) is 22.1. The Morgan fingerprint density at radius 2 is 1.70 bits per heavy atom. The Hall–Kier alpha value is -1.15. The van der Waals surface area contributed by atoms with E-state index < -0.39 is 10.0 Å². The Bertz CT molecular complexity index is 725. The summed E-state index contributed by atoms with van der Waals surface area (Å²) >= 11 is 0. The van der Waals surface area contributed by atoms with Crippen LogP contribution in [-0.4, -0.2) is 50.9 Å². The molecule has 0 spiro atoms. The van der Waals surface area contributed by atoms with Crippen LogP contribution >= 0.6 is 12.4 Å². The maximum Gasteiger partial charge on any atom is 0.253 e. The standard InChI is InChI=1S/C19H29N3O3S.ClH/c1-14(2)21-26(24,25)18-7-5-16(6-8-18)19(23)22-11-9-17(10-12-22)20-13-15-3-4-15;/h5-8,14-15,17,20-21H,3-4,9-13H2,1-2H3;1H. The molecular weight excluding hydrogens is 386 g/mol. The maximum atomic E-state index is 12.7. The highest BCUT2D eigenvalue weighted by molar-refractivity contribution is 7.89. The fourth-order valence-electron chi connectivity index (χ4n) is 3.28. The zero-order valence-electron chi connectivity index (χ0n) is 16.0. The van der Waals surface area contributed by atoms with Gasteiger partial charge in [-0.3, -0.25) is 4.79 Å². The average molecular weight is 416 g/mol. The Labute approximate surface area is 168 Å². The van der Waals surface area contributed by atoms with Crippen LogP contribution in [0.25, 0.3) is 0 Å². The molecule has 1 amide bonds. The number of hydrogen-bond donors (Lipinski definition) is 2. The van der Waals surface area contributed by atoms with Crippen molar-refractivity contribution in [3.63, 3.8) is 0 Å². The number of likely N-dealkylation sites (tertiary alicyclic amines) is 1. The summed E-state index contributed by atoms with van der Waals surface area (Å²) in [5.74, 6) is 0.848. The van der Waals surface area contributed by atoms with Crippen LogP contribution < -0.4 is 10.0 Å². The van der Waals surface area contributed by atoms with Crippen LogP contribution in [0.3, 0.4) is 0 Å². The highest BCUT2D eigenvalue weighted by Crippen LogP contribution is 2.28. The van der Waals surface area contributed by atoms with Crippen molar-refractivity contribution in [2.45, 2.75) is 56.5 Å². The Morgan fingerprint density at radius 1 is 1.11 bits per heavy atom. The zero-order valence-corrected chi connectivity index (χ0v) is 17.6. The van der Waals surface area contributed by atoms with Gasteiger partial charge in [-0.2, -0.15) is 0 Å². The zero-order chi connectivity index (χ0) is 18.7. The predicted octanol–water partition coefficient (Wildman–Crippen LogP) is 2.40. The lowest BCUT2D eigenvalue weighted by molar-refractivity contribution is 0.0705. The SMILES string of the molecule is CC(C)NS(=O)(=O)c1ccc(C(=O)N2CCC(NCC3CC3)CC2)cc1.Cl. The summed E-state index contributed by atoms with van der Waals surface area (Å²) in [5, 5.41) is 3.61. The lowest BCUT2D eigenvalue weighted by Gasteiger charge is -2.32. The van der Waals surface area contributed by atoms with Crippen molar-refractivity contribution in [3.8, 4) is 0 Å². The van der Waals surface area contributed by atoms with E-state index in [1.165, 1.54) is 25.0 Å². The van der Waals surface area contributed by atoms with Crippen molar-refractivity contribution in [3.05, 3.63) is 29.8 Å². The summed E-state index contributed by atoms with van der Waals surface area (Å²) in [6, 6.07) is 6.55. The molecule has 6 nitrogen and oxygen atoms in total. The molecule has 8 heteroatoms. The monoisotopic (exact) mass is 415 g/mol. The van der Waals surface area contributed by atoms with E-state index in [1.807, 2.05) is 4.90 Å². The van der Waals surface area contributed by atoms with Crippen LogP contribution in [0.2, 0.25) is 0 Å². The van der Waals surface area contributed by atoms with Gasteiger partial charge in [0, 0.05) is 30.7 Å². The normalized spacial score (nSPS) is 18.4. The third kappa shape index (κ3) is 6.17. The van der Waals surface area contributed by atoms with Crippen LogP contribution in [-0.2, 0) is 10.0 Å². The van der Waals surface area contributed by atoms with Crippen LogP contribution in [0.5, 0.6) is 0 Å². The van der Waals surface area contributed by atoms with Gasteiger partial charge in [-0.15, -0.1) is 12.4 Å². The molecule has 0 bridgehead atoms. The van der Waals surface area contributed by atoms with Gasteiger partial charge in [-0.05, 0) is 76.3 Å². The third-order valence-electron chi connectivity index (χ3n) is 4.98. The van der Waals surface area contributed by atoms with Crippen molar-refractivity contribution < 1.29 is 13.2 Å².